The lowest BCUT2D eigenvalue weighted by Crippen LogP contribution is -2.51. The lowest BCUT2D eigenvalue weighted by molar-refractivity contribution is -0.122. The number of nitrogens with one attached hydrogen (secondary N) is 1. The maximum absolute atomic E-state index is 12.3. The minimum atomic E-state index is -0.370. The number of amides is 1. The molecular formula is C14H19IN2O. The van der Waals surface area contributed by atoms with E-state index in [-0.39, 0.29) is 17.4 Å². The topological polar surface area (TPSA) is 55.1 Å². The molecule has 98 valence electrons. The van der Waals surface area contributed by atoms with E-state index >= 15 is 0 Å². The molecule has 1 amide bonds. The van der Waals surface area contributed by atoms with Gasteiger partial charge in [0.2, 0.25) is 5.91 Å². The number of benzene rings is 1. The number of nitrogens with two attached hydrogens (primary N) is 1. The van der Waals surface area contributed by atoms with Crippen molar-refractivity contribution in [1.82, 2.24) is 0 Å². The van der Waals surface area contributed by atoms with Gasteiger partial charge >= 0.3 is 0 Å². The molecule has 0 radical (unpaired) electrons. The average molecular weight is 358 g/mol. The molecule has 2 unspecified atom stereocenters. The Bertz CT molecular complexity index is 428. The van der Waals surface area contributed by atoms with Crippen molar-refractivity contribution in [3.8, 4) is 0 Å². The summed E-state index contributed by atoms with van der Waals surface area (Å²) in [6.07, 6.45) is 4.04. The molecule has 1 fully saturated rings. The zero-order chi connectivity index (χ0) is 13.2. The van der Waals surface area contributed by atoms with Crippen molar-refractivity contribution >= 4 is 34.2 Å². The van der Waals surface area contributed by atoms with Crippen LogP contribution in [0.4, 0.5) is 5.69 Å². The van der Waals surface area contributed by atoms with E-state index in [4.69, 9.17) is 5.73 Å². The lowest BCUT2D eigenvalue weighted by atomic mass is 9.74. The second kappa shape index (κ2) is 5.57. The molecule has 1 saturated carbocycles. The van der Waals surface area contributed by atoms with Gasteiger partial charge in [0.1, 0.15) is 0 Å². The summed E-state index contributed by atoms with van der Waals surface area (Å²) >= 11 is 2.25. The first kappa shape index (κ1) is 13.8. The van der Waals surface area contributed by atoms with Crippen LogP contribution < -0.4 is 11.1 Å². The second-order valence-electron chi connectivity index (χ2n) is 5.30. The van der Waals surface area contributed by atoms with E-state index in [0.717, 1.165) is 34.9 Å². The van der Waals surface area contributed by atoms with E-state index in [9.17, 15) is 4.79 Å². The molecule has 3 N–H and O–H groups in total. The highest BCUT2D eigenvalue weighted by Crippen LogP contribution is 2.32. The van der Waals surface area contributed by atoms with Crippen LogP contribution in [-0.4, -0.2) is 11.4 Å². The molecule has 18 heavy (non-hydrogen) atoms. The summed E-state index contributed by atoms with van der Waals surface area (Å²) in [4.78, 5) is 12.3. The van der Waals surface area contributed by atoms with Crippen LogP contribution in [0.25, 0.3) is 0 Å². The molecule has 0 spiro atoms. The van der Waals surface area contributed by atoms with Crippen molar-refractivity contribution < 1.29 is 4.79 Å². The Morgan fingerprint density at radius 3 is 2.67 bits per heavy atom. The molecule has 2 rings (SSSR count). The Labute approximate surface area is 122 Å². The van der Waals surface area contributed by atoms with Gasteiger partial charge in [0.15, 0.2) is 0 Å². The fraction of sp³-hybridized carbons (Fsp3) is 0.500. The maximum Gasteiger partial charge on any atom is 0.229 e. The molecule has 1 aliphatic rings. The number of hydrogen-bond donors (Lipinski definition) is 2. The summed E-state index contributed by atoms with van der Waals surface area (Å²) < 4.78 is 1.16. The zero-order valence-corrected chi connectivity index (χ0v) is 12.7. The van der Waals surface area contributed by atoms with Gasteiger partial charge in [-0.15, -0.1) is 0 Å². The molecule has 1 aromatic rings. The van der Waals surface area contributed by atoms with Crippen LogP contribution in [0.2, 0.25) is 0 Å². The van der Waals surface area contributed by atoms with Gasteiger partial charge in [0.25, 0.3) is 0 Å². The van der Waals surface area contributed by atoms with Gasteiger partial charge in [-0.05, 0) is 66.6 Å². The average Bonchev–Trinajstić information content (AvgIpc) is 2.31. The Balaban J connectivity index is 2.05. The lowest BCUT2D eigenvalue weighted by Gasteiger charge is -2.37. The van der Waals surface area contributed by atoms with Crippen molar-refractivity contribution in [2.45, 2.75) is 38.1 Å². The van der Waals surface area contributed by atoms with E-state index in [2.05, 4.69) is 27.9 Å². The minimum absolute atomic E-state index is 0.0564. The first-order chi connectivity index (χ1) is 8.49. The standard InChI is InChI=1S/C14H19IN2O/c1-14(16)9-3-2-4-12(14)13(18)17-11-7-5-10(15)6-8-11/h5-8,12H,2-4,9,16H2,1H3,(H,17,18). The molecule has 0 heterocycles. The van der Waals surface area contributed by atoms with Crippen LogP contribution >= 0.6 is 22.6 Å². The van der Waals surface area contributed by atoms with Gasteiger partial charge in [-0.25, -0.2) is 0 Å². The van der Waals surface area contributed by atoms with Crippen LogP contribution in [0.5, 0.6) is 0 Å². The SMILES string of the molecule is CC1(N)CCCCC1C(=O)Nc1ccc(I)cc1. The number of carbonyl (C=O) groups is 1. The summed E-state index contributed by atoms with van der Waals surface area (Å²) in [5.41, 5.74) is 6.72. The van der Waals surface area contributed by atoms with E-state index in [1.807, 2.05) is 31.2 Å². The van der Waals surface area contributed by atoms with E-state index in [1.165, 1.54) is 0 Å². The minimum Gasteiger partial charge on any atom is -0.326 e. The van der Waals surface area contributed by atoms with Crippen molar-refractivity contribution in [1.29, 1.82) is 0 Å². The number of rotatable bonds is 2. The Morgan fingerprint density at radius 1 is 1.39 bits per heavy atom. The van der Waals surface area contributed by atoms with Crippen LogP contribution in [-0.2, 0) is 4.79 Å². The Kier molecular flexibility index (Phi) is 4.27. The quantitative estimate of drug-likeness (QED) is 0.798. The third-order valence-corrected chi connectivity index (χ3v) is 4.40. The fourth-order valence-corrected chi connectivity index (χ4v) is 2.91. The summed E-state index contributed by atoms with van der Waals surface area (Å²) in [6.45, 7) is 1.99. The molecule has 0 bridgehead atoms. The molecule has 0 aliphatic heterocycles. The Morgan fingerprint density at radius 2 is 2.06 bits per heavy atom. The van der Waals surface area contributed by atoms with E-state index in [1.54, 1.807) is 0 Å². The third kappa shape index (κ3) is 3.23. The monoisotopic (exact) mass is 358 g/mol. The normalized spacial score (nSPS) is 27.8. The first-order valence-electron chi connectivity index (χ1n) is 6.34. The molecular weight excluding hydrogens is 339 g/mol. The van der Waals surface area contributed by atoms with Crippen molar-refractivity contribution in [3.05, 3.63) is 27.8 Å². The molecule has 1 aliphatic carbocycles. The zero-order valence-electron chi connectivity index (χ0n) is 10.6. The predicted octanol–water partition coefficient (Wildman–Crippen LogP) is 3.14. The predicted molar refractivity (Wildman–Crippen MR) is 82.3 cm³/mol. The van der Waals surface area contributed by atoms with Crippen LogP contribution in [0.1, 0.15) is 32.6 Å². The highest BCUT2D eigenvalue weighted by atomic mass is 127. The molecule has 0 aromatic heterocycles. The van der Waals surface area contributed by atoms with Gasteiger partial charge < -0.3 is 11.1 Å². The smallest absolute Gasteiger partial charge is 0.229 e. The van der Waals surface area contributed by atoms with Gasteiger partial charge in [-0.2, -0.15) is 0 Å². The molecule has 4 heteroatoms. The Hall–Kier alpha value is -0.620. The highest BCUT2D eigenvalue weighted by Gasteiger charge is 2.37. The van der Waals surface area contributed by atoms with Gasteiger partial charge in [-0.1, -0.05) is 12.8 Å². The summed E-state index contributed by atoms with van der Waals surface area (Å²) in [7, 11) is 0. The van der Waals surface area contributed by atoms with Crippen LogP contribution in [0.15, 0.2) is 24.3 Å². The van der Waals surface area contributed by atoms with Gasteiger partial charge in [0, 0.05) is 14.8 Å². The molecule has 1 aromatic carbocycles. The third-order valence-electron chi connectivity index (χ3n) is 3.68. The molecule has 2 atom stereocenters. The van der Waals surface area contributed by atoms with Crippen molar-refractivity contribution in [2.24, 2.45) is 11.7 Å². The first-order valence-corrected chi connectivity index (χ1v) is 7.42. The highest BCUT2D eigenvalue weighted by molar-refractivity contribution is 14.1. The summed E-state index contributed by atoms with van der Waals surface area (Å²) in [5.74, 6) is -0.0218. The van der Waals surface area contributed by atoms with Gasteiger partial charge in [-0.3, -0.25) is 4.79 Å². The van der Waals surface area contributed by atoms with Crippen molar-refractivity contribution in [2.75, 3.05) is 5.32 Å². The van der Waals surface area contributed by atoms with Crippen LogP contribution in [0.3, 0.4) is 0 Å². The largest absolute Gasteiger partial charge is 0.326 e. The van der Waals surface area contributed by atoms with Crippen molar-refractivity contribution in [3.63, 3.8) is 0 Å². The van der Waals surface area contributed by atoms with Gasteiger partial charge in [0.05, 0.1) is 5.92 Å². The molecule has 0 saturated heterocycles. The summed E-state index contributed by atoms with van der Waals surface area (Å²) in [5, 5.41) is 2.97. The number of carbonyl (C=O) groups excluding carboxylic acids is 1. The fourth-order valence-electron chi connectivity index (χ4n) is 2.55. The maximum atomic E-state index is 12.3. The second-order valence-corrected chi connectivity index (χ2v) is 6.55. The van der Waals surface area contributed by atoms with Crippen LogP contribution in [0, 0.1) is 9.49 Å². The number of anilines is 1. The van der Waals surface area contributed by atoms with E-state index in [0.29, 0.717) is 0 Å². The van der Waals surface area contributed by atoms with E-state index < -0.39 is 0 Å². The molecule has 3 nitrogen and oxygen atoms in total. The summed E-state index contributed by atoms with van der Waals surface area (Å²) in [6, 6.07) is 7.82. The number of hydrogen-bond acceptors (Lipinski definition) is 2. The number of halogens is 1.